The van der Waals surface area contributed by atoms with Gasteiger partial charge in [-0.05, 0) is 30.3 Å². The molecule has 0 saturated carbocycles. The molecule has 1 aliphatic heterocycles. The van der Waals surface area contributed by atoms with E-state index in [0.717, 1.165) is 53.4 Å². The molecule has 31 heavy (non-hydrogen) atoms. The van der Waals surface area contributed by atoms with Crippen LogP contribution in [0.2, 0.25) is 0 Å². The first-order valence-electron chi connectivity index (χ1n) is 10.4. The van der Waals surface area contributed by atoms with Crippen LogP contribution >= 0.6 is 11.8 Å². The van der Waals surface area contributed by atoms with E-state index in [1.54, 1.807) is 11.8 Å². The van der Waals surface area contributed by atoms with Gasteiger partial charge in [0.05, 0.1) is 11.1 Å². The molecule has 7 heteroatoms. The molecule has 0 spiro atoms. The lowest BCUT2D eigenvalue weighted by Crippen LogP contribution is -2.45. The van der Waals surface area contributed by atoms with Crippen LogP contribution < -0.4 is 9.64 Å². The fraction of sp³-hybridized carbons (Fsp3) is 0.292. The topological polar surface area (TPSA) is 58.6 Å². The molecule has 0 unspecified atom stereocenters. The number of anilines is 1. The summed E-state index contributed by atoms with van der Waals surface area (Å²) >= 11 is 1.57. The van der Waals surface area contributed by atoms with Gasteiger partial charge >= 0.3 is 0 Å². The van der Waals surface area contributed by atoms with Crippen molar-refractivity contribution >= 4 is 24.0 Å². The summed E-state index contributed by atoms with van der Waals surface area (Å²) < 4.78 is 6.15. The van der Waals surface area contributed by atoms with E-state index in [4.69, 9.17) is 9.72 Å². The van der Waals surface area contributed by atoms with E-state index in [-0.39, 0.29) is 0 Å². The minimum atomic E-state index is 0.430. The number of hydrogen-bond donors (Lipinski definition) is 0. The second kappa shape index (κ2) is 10.4. The molecule has 2 aromatic carbocycles. The van der Waals surface area contributed by atoms with Crippen LogP contribution in [0.3, 0.4) is 0 Å². The summed E-state index contributed by atoms with van der Waals surface area (Å²) in [5.74, 6) is 1.30. The molecule has 1 aliphatic rings. The van der Waals surface area contributed by atoms with Crippen molar-refractivity contribution in [1.29, 1.82) is 0 Å². The fourth-order valence-electron chi connectivity index (χ4n) is 3.32. The molecule has 0 radical (unpaired) electrons. The van der Waals surface area contributed by atoms with Crippen molar-refractivity contribution in [2.75, 3.05) is 38.1 Å². The summed E-state index contributed by atoms with van der Waals surface area (Å²) in [5.41, 5.74) is 2.10. The molecule has 0 bridgehead atoms. The highest BCUT2D eigenvalue weighted by Gasteiger charge is 2.19. The Hall–Kier alpha value is -2.90. The molecule has 160 valence electrons. The van der Waals surface area contributed by atoms with Gasteiger partial charge in [-0.1, -0.05) is 54.2 Å². The maximum absolute atomic E-state index is 10.7. The molecule has 4 rings (SSSR count). The average Bonchev–Trinajstić information content (AvgIpc) is 2.81. The smallest absolute Gasteiger partial charge is 0.232 e. The summed E-state index contributed by atoms with van der Waals surface area (Å²) in [7, 11) is 2.13. The standard InChI is InChI=1S/C24H26N4O2S/c1-27-12-14-28(15-13-27)24-25-17-22(31-21-9-7-19(8-10-21)11-16-29)23(26-24)30-18-20-5-3-2-4-6-20/h2-10,16-17H,11-15,18H2,1H3. The van der Waals surface area contributed by atoms with Crippen LogP contribution in [0.1, 0.15) is 11.1 Å². The number of piperazine rings is 1. The fourth-order valence-corrected chi connectivity index (χ4v) is 4.14. The average molecular weight is 435 g/mol. The van der Waals surface area contributed by atoms with Crippen LogP contribution in [-0.2, 0) is 17.8 Å². The molecule has 6 nitrogen and oxygen atoms in total. The van der Waals surface area contributed by atoms with Crippen molar-refractivity contribution in [3.63, 3.8) is 0 Å². The molecular weight excluding hydrogens is 408 g/mol. The SMILES string of the molecule is CN1CCN(c2ncc(Sc3ccc(CC=O)cc3)c(OCc3ccccc3)n2)CC1. The van der Waals surface area contributed by atoms with Gasteiger partial charge in [-0.25, -0.2) is 4.98 Å². The highest BCUT2D eigenvalue weighted by Crippen LogP contribution is 2.35. The lowest BCUT2D eigenvalue weighted by Gasteiger charge is -2.32. The predicted molar refractivity (Wildman–Crippen MR) is 123 cm³/mol. The number of rotatable bonds is 8. The Labute approximate surface area is 187 Å². The lowest BCUT2D eigenvalue weighted by atomic mass is 10.2. The molecular formula is C24H26N4O2S. The first kappa shape index (κ1) is 21.3. The van der Waals surface area contributed by atoms with E-state index in [0.29, 0.717) is 24.9 Å². The molecule has 3 aromatic rings. The molecule has 1 aromatic heterocycles. The Morgan fingerprint density at radius 1 is 1.00 bits per heavy atom. The Bertz CT molecular complexity index is 990. The zero-order valence-corrected chi connectivity index (χ0v) is 18.4. The quantitative estimate of drug-likeness (QED) is 0.501. The zero-order chi connectivity index (χ0) is 21.5. The largest absolute Gasteiger partial charge is 0.472 e. The normalized spacial score (nSPS) is 14.4. The number of aldehydes is 1. The van der Waals surface area contributed by atoms with E-state index in [9.17, 15) is 4.79 Å². The van der Waals surface area contributed by atoms with E-state index in [2.05, 4.69) is 21.8 Å². The minimum absolute atomic E-state index is 0.430. The second-order valence-electron chi connectivity index (χ2n) is 7.52. The van der Waals surface area contributed by atoms with Gasteiger partial charge < -0.3 is 19.3 Å². The van der Waals surface area contributed by atoms with Gasteiger partial charge in [-0.2, -0.15) is 4.98 Å². The van der Waals surface area contributed by atoms with Crippen molar-refractivity contribution in [1.82, 2.24) is 14.9 Å². The Balaban J connectivity index is 1.55. The Morgan fingerprint density at radius 2 is 1.74 bits per heavy atom. The van der Waals surface area contributed by atoms with E-state index in [1.165, 1.54) is 0 Å². The lowest BCUT2D eigenvalue weighted by molar-refractivity contribution is -0.107. The first-order chi connectivity index (χ1) is 15.2. The van der Waals surface area contributed by atoms with Crippen molar-refractivity contribution in [2.24, 2.45) is 0 Å². The third kappa shape index (κ3) is 5.83. The highest BCUT2D eigenvalue weighted by atomic mass is 32.2. The van der Waals surface area contributed by atoms with Crippen LogP contribution in [0.15, 0.2) is 70.6 Å². The molecule has 0 atom stereocenters. The number of carbonyl (C=O) groups excluding carboxylic acids is 1. The van der Waals surface area contributed by atoms with Crippen LogP contribution in [-0.4, -0.2) is 54.4 Å². The molecule has 2 heterocycles. The van der Waals surface area contributed by atoms with E-state index < -0.39 is 0 Å². The first-order valence-corrected chi connectivity index (χ1v) is 11.2. The van der Waals surface area contributed by atoms with Crippen molar-refractivity contribution in [3.8, 4) is 5.88 Å². The number of likely N-dealkylation sites (N-methyl/N-ethyl adjacent to an activating group) is 1. The van der Waals surface area contributed by atoms with Crippen LogP contribution in [0.5, 0.6) is 5.88 Å². The van der Waals surface area contributed by atoms with Crippen molar-refractivity contribution in [2.45, 2.75) is 22.8 Å². The number of aromatic nitrogens is 2. The third-order valence-electron chi connectivity index (χ3n) is 5.18. The number of hydrogen-bond acceptors (Lipinski definition) is 7. The summed E-state index contributed by atoms with van der Waals surface area (Å²) in [4.78, 5) is 26.6. The molecule has 1 fully saturated rings. The van der Waals surface area contributed by atoms with Gasteiger partial charge in [0.1, 0.15) is 12.9 Å². The van der Waals surface area contributed by atoms with Gasteiger partial charge in [0, 0.05) is 37.5 Å². The maximum Gasteiger partial charge on any atom is 0.232 e. The minimum Gasteiger partial charge on any atom is -0.472 e. The predicted octanol–water partition coefficient (Wildman–Crippen LogP) is 3.70. The molecule has 1 saturated heterocycles. The zero-order valence-electron chi connectivity index (χ0n) is 17.6. The summed E-state index contributed by atoms with van der Waals surface area (Å²) in [6, 6.07) is 18.1. The van der Waals surface area contributed by atoms with E-state index >= 15 is 0 Å². The van der Waals surface area contributed by atoms with Crippen LogP contribution in [0.4, 0.5) is 5.95 Å². The number of benzene rings is 2. The van der Waals surface area contributed by atoms with Crippen LogP contribution in [0, 0.1) is 0 Å². The summed E-state index contributed by atoms with van der Waals surface area (Å²) in [6.45, 7) is 4.24. The highest BCUT2D eigenvalue weighted by molar-refractivity contribution is 7.99. The molecule has 0 aliphatic carbocycles. The molecule has 0 N–H and O–H groups in total. The Kier molecular flexibility index (Phi) is 7.17. The van der Waals surface area contributed by atoms with Crippen molar-refractivity contribution < 1.29 is 9.53 Å². The summed E-state index contributed by atoms with van der Waals surface area (Å²) in [6.07, 6.45) is 3.20. The number of carbonyl (C=O) groups is 1. The number of ether oxygens (including phenoxy) is 1. The summed E-state index contributed by atoms with van der Waals surface area (Å²) in [5, 5.41) is 0. The van der Waals surface area contributed by atoms with Crippen LogP contribution in [0.25, 0.3) is 0 Å². The maximum atomic E-state index is 10.7. The monoisotopic (exact) mass is 434 g/mol. The van der Waals surface area contributed by atoms with Gasteiger partial charge in [-0.15, -0.1) is 0 Å². The van der Waals surface area contributed by atoms with Crippen molar-refractivity contribution in [3.05, 3.63) is 71.9 Å². The Morgan fingerprint density at radius 3 is 2.45 bits per heavy atom. The van der Waals surface area contributed by atoms with Gasteiger partial charge in [0.15, 0.2) is 0 Å². The van der Waals surface area contributed by atoms with Gasteiger partial charge in [0.2, 0.25) is 11.8 Å². The third-order valence-corrected chi connectivity index (χ3v) is 6.19. The number of nitrogens with zero attached hydrogens (tertiary/aromatic N) is 4. The van der Waals surface area contributed by atoms with Gasteiger partial charge in [0.25, 0.3) is 0 Å². The van der Waals surface area contributed by atoms with Gasteiger partial charge in [-0.3, -0.25) is 0 Å². The second-order valence-corrected chi connectivity index (χ2v) is 8.64. The molecule has 0 amide bonds. The van der Waals surface area contributed by atoms with E-state index in [1.807, 2.05) is 60.8 Å².